The molecule has 0 amide bonds. The van der Waals surface area contributed by atoms with E-state index in [4.69, 9.17) is 10.2 Å². The van der Waals surface area contributed by atoms with Gasteiger partial charge in [-0.2, -0.15) is 0 Å². The molecule has 3 aromatic rings. The highest BCUT2D eigenvalue weighted by Crippen LogP contribution is 2.16. The Bertz CT molecular complexity index is 777. The average Bonchev–Trinajstić information content (AvgIpc) is 2.75. The Hall–Kier alpha value is -2.83. The smallest absolute Gasteiger partial charge is 0.408 e. The maximum absolute atomic E-state index is 11.0. The summed E-state index contributed by atoms with van der Waals surface area (Å²) in [6, 6.07) is 6.96. The van der Waals surface area contributed by atoms with Crippen LogP contribution in [0.4, 0.5) is 11.5 Å². The molecule has 0 aliphatic carbocycles. The standard InChI is InChI=1S/C12H11N5O2/c13-10-3-4-14-11(17-10)6-15-7-1-2-8-9(5-7)19-12(18)16-8/h1-5,15H,6H2,(H,16,18)(H2,13,14,17). The fourth-order valence-corrected chi connectivity index (χ4v) is 1.74. The largest absolute Gasteiger partial charge is 0.417 e. The highest BCUT2D eigenvalue weighted by Gasteiger charge is 2.03. The van der Waals surface area contributed by atoms with Crippen molar-refractivity contribution in [2.75, 3.05) is 11.1 Å². The van der Waals surface area contributed by atoms with Crippen molar-refractivity contribution in [2.45, 2.75) is 6.54 Å². The first-order valence-electron chi connectivity index (χ1n) is 5.65. The van der Waals surface area contributed by atoms with Crippen molar-refractivity contribution in [3.05, 3.63) is 46.8 Å². The molecule has 0 saturated carbocycles. The highest BCUT2D eigenvalue weighted by molar-refractivity contribution is 5.76. The SMILES string of the molecule is Nc1ccnc(CNc2ccc3[nH]c(=O)oc3c2)n1. The van der Waals surface area contributed by atoms with E-state index in [0.717, 1.165) is 5.69 Å². The van der Waals surface area contributed by atoms with Crippen LogP contribution in [-0.4, -0.2) is 15.0 Å². The van der Waals surface area contributed by atoms with Gasteiger partial charge in [0.25, 0.3) is 0 Å². The molecule has 0 bridgehead atoms. The zero-order valence-corrected chi connectivity index (χ0v) is 9.88. The van der Waals surface area contributed by atoms with Crippen LogP contribution in [0.1, 0.15) is 5.82 Å². The molecule has 2 aromatic heterocycles. The Morgan fingerprint density at radius 1 is 1.37 bits per heavy atom. The first kappa shape index (κ1) is 11.3. The van der Waals surface area contributed by atoms with E-state index in [9.17, 15) is 4.79 Å². The number of rotatable bonds is 3. The van der Waals surface area contributed by atoms with E-state index in [2.05, 4.69) is 20.3 Å². The van der Waals surface area contributed by atoms with Crippen molar-refractivity contribution in [1.29, 1.82) is 0 Å². The second-order valence-electron chi connectivity index (χ2n) is 3.98. The van der Waals surface area contributed by atoms with Crippen LogP contribution in [0.15, 0.2) is 39.7 Å². The quantitative estimate of drug-likeness (QED) is 0.648. The topological polar surface area (TPSA) is 110 Å². The van der Waals surface area contributed by atoms with Crippen LogP contribution in [0.25, 0.3) is 11.1 Å². The summed E-state index contributed by atoms with van der Waals surface area (Å²) in [7, 11) is 0. The van der Waals surface area contributed by atoms with Gasteiger partial charge in [-0.1, -0.05) is 0 Å². The first-order valence-corrected chi connectivity index (χ1v) is 5.65. The second kappa shape index (κ2) is 4.45. The minimum atomic E-state index is -0.466. The van der Waals surface area contributed by atoms with E-state index >= 15 is 0 Å². The van der Waals surface area contributed by atoms with Gasteiger partial charge in [0.1, 0.15) is 11.6 Å². The average molecular weight is 257 g/mol. The molecule has 4 N–H and O–H groups in total. The van der Waals surface area contributed by atoms with Gasteiger partial charge in [0.15, 0.2) is 5.58 Å². The van der Waals surface area contributed by atoms with Crippen molar-refractivity contribution < 1.29 is 4.42 Å². The van der Waals surface area contributed by atoms with Gasteiger partial charge in [-0.25, -0.2) is 14.8 Å². The lowest BCUT2D eigenvalue weighted by Gasteiger charge is -2.05. The summed E-state index contributed by atoms with van der Waals surface area (Å²) in [5.74, 6) is 0.556. The van der Waals surface area contributed by atoms with E-state index in [1.54, 1.807) is 24.4 Å². The molecule has 0 atom stereocenters. The fraction of sp³-hybridized carbons (Fsp3) is 0.0833. The molecule has 0 fully saturated rings. The van der Waals surface area contributed by atoms with E-state index in [1.165, 1.54) is 0 Å². The van der Waals surface area contributed by atoms with Crippen LogP contribution < -0.4 is 16.8 Å². The Morgan fingerprint density at radius 3 is 3.11 bits per heavy atom. The number of aromatic nitrogens is 3. The van der Waals surface area contributed by atoms with Crippen molar-refractivity contribution in [3.8, 4) is 0 Å². The van der Waals surface area contributed by atoms with Gasteiger partial charge in [-0.05, 0) is 18.2 Å². The molecular formula is C12H11N5O2. The number of anilines is 2. The monoisotopic (exact) mass is 257 g/mol. The summed E-state index contributed by atoms with van der Waals surface area (Å²) in [5.41, 5.74) is 7.54. The van der Waals surface area contributed by atoms with Crippen LogP contribution in [0.3, 0.4) is 0 Å². The number of nitrogens with two attached hydrogens (primary N) is 1. The minimum absolute atomic E-state index is 0.430. The van der Waals surface area contributed by atoms with E-state index in [0.29, 0.717) is 29.3 Å². The number of aromatic amines is 1. The molecule has 96 valence electrons. The Labute approximate surface area is 107 Å². The summed E-state index contributed by atoms with van der Waals surface area (Å²) >= 11 is 0. The van der Waals surface area contributed by atoms with Crippen LogP contribution in [0.2, 0.25) is 0 Å². The lowest BCUT2D eigenvalue weighted by molar-refractivity contribution is 0.555. The number of nitrogens with one attached hydrogen (secondary N) is 2. The molecule has 0 unspecified atom stereocenters. The molecular weight excluding hydrogens is 246 g/mol. The van der Waals surface area contributed by atoms with E-state index in [-0.39, 0.29) is 0 Å². The molecule has 0 spiro atoms. The number of nitrogens with zero attached hydrogens (tertiary/aromatic N) is 2. The molecule has 0 saturated heterocycles. The number of fused-ring (bicyclic) bond motifs is 1. The third-order valence-corrected chi connectivity index (χ3v) is 2.60. The normalized spacial score (nSPS) is 10.7. The number of benzene rings is 1. The number of hydrogen-bond acceptors (Lipinski definition) is 6. The Morgan fingerprint density at radius 2 is 2.26 bits per heavy atom. The van der Waals surface area contributed by atoms with E-state index < -0.39 is 5.76 Å². The van der Waals surface area contributed by atoms with Crippen molar-refractivity contribution >= 4 is 22.6 Å². The van der Waals surface area contributed by atoms with Crippen LogP contribution in [0, 0.1) is 0 Å². The van der Waals surface area contributed by atoms with E-state index in [1.807, 2.05) is 6.07 Å². The summed E-state index contributed by atoms with van der Waals surface area (Å²) < 4.78 is 4.98. The fourth-order valence-electron chi connectivity index (χ4n) is 1.74. The van der Waals surface area contributed by atoms with Gasteiger partial charge in [-0.15, -0.1) is 0 Å². The van der Waals surface area contributed by atoms with Gasteiger partial charge in [0.05, 0.1) is 12.1 Å². The minimum Gasteiger partial charge on any atom is -0.408 e. The molecule has 1 aromatic carbocycles. The summed E-state index contributed by atoms with van der Waals surface area (Å²) in [6.45, 7) is 0.436. The van der Waals surface area contributed by atoms with Crippen LogP contribution in [0.5, 0.6) is 0 Å². The Balaban J connectivity index is 1.79. The summed E-state index contributed by atoms with van der Waals surface area (Å²) in [4.78, 5) is 21.8. The summed E-state index contributed by atoms with van der Waals surface area (Å²) in [6.07, 6.45) is 1.60. The predicted molar refractivity (Wildman–Crippen MR) is 70.6 cm³/mol. The zero-order chi connectivity index (χ0) is 13.2. The van der Waals surface area contributed by atoms with Crippen LogP contribution in [-0.2, 0) is 6.54 Å². The molecule has 19 heavy (non-hydrogen) atoms. The molecule has 3 rings (SSSR count). The molecule has 7 nitrogen and oxygen atoms in total. The highest BCUT2D eigenvalue weighted by atomic mass is 16.4. The number of hydrogen-bond donors (Lipinski definition) is 3. The maximum atomic E-state index is 11.0. The predicted octanol–water partition coefficient (Wildman–Crippen LogP) is 1.11. The third kappa shape index (κ3) is 2.39. The van der Waals surface area contributed by atoms with Gasteiger partial charge >= 0.3 is 5.76 Å². The number of oxazole rings is 1. The maximum Gasteiger partial charge on any atom is 0.417 e. The molecule has 7 heteroatoms. The van der Waals surface area contributed by atoms with Crippen molar-refractivity contribution in [1.82, 2.24) is 15.0 Å². The summed E-state index contributed by atoms with van der Waals surface area (Å²) in [5, 5.41) is 3.13. The molecule has 0 aliphatic heterocycles. The third-order valence-electron chi connectivity index (χ3n) is 2.60. The lowest BCUT2D eigenvalue weighted by Crippen LogP contribution is -2.05. The van der Waals surface area contributed by atoms with Gasteiger partial charge in [0, 0.05) is 18.0 Å². The van der Waals surface area contributed by atoms with Crippen molar-refractivity contribution in [2.24, 2.45) is 0 Å². The number of H-pyrrole nitrogens is 1. The Kier molecular flexibility index (Phi) is 2.64. The zero-order valence-electron chi connectivity index (χ0n) is 9.88. The van der Waals surface area contributed by atoms with Gasteiger partial charge in [0.2, 0.25) is 0 Å². The number of nitrogen functional groups attached to an aromatic ring is 1. The first-order chi connectivity index (χ1) is 9.20. The molecule has 2 heterocycles. The second-order valence-corrected chi connectivity index (χ2v) is 3.98. The lowest BCUT2D eigenvalue weighted by atomic mass is 10.3. The molecule has 0 aliphatic rings. The van der Waals surface area contributed by atoms with Crippen LogP contribution >= 0.6 is 0 Å². The molecule has 0 radical (unpaired) electrons. The van der Waals surface area contributed by atoms with Gasteiger partial charge in [-0.3, -0.25) is 4.98 Å². The van der Waals surface area contributed by atoms with Gasteiger partial charge < -0.3 is 15.5 Å². The van der Waals surface area contributed by atoms with Crippen molar-refractivity contribution in [3.63, 3.8) is 0 Å².